The van der Waals surface area contributed by atoms with Crippen molar-refractivity contribution in [2.45, 2.75) is 6.04 Å². The van der Waals surface area contributed by atoms with Gasteiger partial charge in [-0.1, -0.05) is 6.07 Å². The molecule has 90 valence electrons. The fraction of sp³-hybridized carbons (Fsp3) is 0.417. The number of aliphatic hydroxyl groups is 1. The number of halogens is 1. The van der Waals surface area contributed by atoms with E-state index in [1.54, 1.807) is 12.1 Å². The molecule has 5 heteroatoms. The predicted octanol–water partition coefficient (Wildman–Crippen LogP) is 0.895. The molecule has 1 atom stereocenters. The average molecular weight is 236 g/mol. The lowest BCUT2D eigenvalue weighted by Crippen LogP contribution is -2.48. The zero-order valence-corrected chi connectivity index (χ0v) is 9.27. The number of hydrogen-bond donors (Lipinski definition) is 1. The van der Waals surface area contributed by atoms with Crippen molar-refractivity contribution in [1.82, 2.24) is 0 Å². The van der Waals surface area contributed by atoms with Gasteiger partial charge in [-0.3, -0.25) is 0 Å². The fourth-order valence-electron chi connectivity index (χ4n) is 1.99. The molecule has 1 aromatic rings. The van der Waals surface area contributed by atoms with Crippen LogP contribution in [0.5, 0.6) is 0 Å². The Morgan fingerprint density at radius 3 is 3.12 bits per heavy atom. The summed E-state index contributed by atoms with van der Waals surface area (Å²) in [6.07, 6.45) is 0. The van der Waals surface area contributed by atoms with Gasteiger partial charge in [0.05, 0.1) is 31.5 Å². The molecule has 1 aliphatic heterocycles. The molecule has 0 aliphatic carbocycles. The quantitative estimate of drug-likeness (QED) is 0.828. The third-order valence-electron chi connectivity index (χ3n) is 2.85. The molecule has 1 N–H and O–H groups in total. The molecule has 17 heavy (non-hydrogen) atoms. The fourth-order valence-corrected chi connectivity index (χ4v) is 1.99. The monoisotopic (exact) mass is 236 g/mol. The van der Waals surface area contributed by atoms with Crippen LogP contribution in [0.3, 0.4) is 0 Å². The smallest absolute Gasteiger partial charge is 0.143 e. The van der Waals surface area contributed by atoms with E-state index in [1.807, 2.05) is 11.0 Å². The van der Waals surface area contributed by atoms with Gasteiger partial charge in [-0.25, -0.2) is 4.39 Å². The van der Waals surface area contributed by atoms with Crippen LogP contribution in [0.1, 0.15) is 5.56 Å². The van der Waals surface area contributed by atoms with Gasteiger partial charge in [-0.2, -0.15) is 5.26 Å². The van der Waals surface area contributed by atoms with Gasteiger partial charge in [-0.15, -0.1) is 0 Å². The van der Waals surface area contributed by atoms with E-state index in [-0.39, 0.29) is 18.2 Å². The Hall–Kier alpha value is -1.64. The van der Waals surface area contributed by atoms with Gasteiger partial charge in [0.1, 0.15) is 17.4 Å². The van der Waals surface area contributed by atoms with Crippen LogP contribution < -0.4 is 4.90 Å². The lowest BCUT2D eigenvalue weighted by molar-refractivity contribution is 0.0726. The summed E-state index contributed by atoms with van der Waals surface area (Å²) in [7, 11) is 0. The second kappa shape index (κ2) is 5.13. The van der Waals surface area contributed by atoms with E-state index in [0.29, 0.717) is 25.4 Å². The molecule has 1 fully saturated rings. The maximum atomic E-state index is 13.5. The van der Waals surface area contributed by atoms with Gasteiger partial charge < -0.3 is 14.7 Å². The zero-order valence-electron chi connectivity index (χ0n) is 9.27. The molecule has 4 nitrogen and oxygen atoms in total. The highest BCUT2D eigenvalue weighted by atomic mass is 19.1. The minimum absolute atomic E-state index is 0.0212. The van der Waals surface area contributed by atoms with E-state index in [4.69, 9.17) is 10.00 Å². The molecule has 2 rings (SSSR count). The number of anilines is 1. The Morgan fingerprint density at radius 2 is 2.41 bits per heavy atom. The van der Waals surface area contributed by atoms with Crippen LogP contribution in [0.2, 0.25) is 0 Å². The van der Waals surface area contributed by atoms with Crippen LogP contribution in [-0.2, 0) is 4.74 Å². The van der Waals surface area contributed by atoms with Crippen molar-refractivity contribution >= 4 is 5.69 Å². The summed E-state index contributed by atoms with van der Waals surface area (Å²) in [6.45, 7) is 1.36. The minimum atomic E-state index is -0.534. The second-order valence-electron chi connectivity index (χ2n) is 3.85. The summed E-state index contributed by atoms with van der Waals surface area (Å²) in [6, 6.07) is 6.16. The van der Waals surface area contributed by atoms with Crippen molar-refractivity contribution in [2.24, 2.45) is 0 Å². The molecule has 0 amide bonds. The molecule has 0 spiro atoms. The summed E-state index contributed by atoms with van der Waals surface area (Å²) in [5.74, 6) is -0.534. The number of nitriles is 1. The first-order valence-corrected chi connectivity index (χ1v) is 5.41. The molecule has 0 bridgehead atoms. The van der Waals surface area contributed by atoms with Crippen molar-refractivity contribution < 1.29 is 14.2 Å². The third kappa shape index (κ3) is 2.23. The molecule has 0 aromatic heterocycles. The van der Waals surface area contributed by atoms with E-state index >= 15 is 0 Å². The number of ether oxygens (including phenoxy) is 1. The maximum Gasteiger partial charge on any atom is 0.143 e. The van der Waals surface area contributed by atoms with Gasteiger partial charge in [0.15, 0.2) is 0 Å². The van der Waals surface area contributed by atoms with Crippen LogP contribution >= 0.6 is 0 Å². The van der Waals surface area contributed by atoms with Gasteiger partial charge in [0, 0.05) is 6.54 Å². The zero-order chi connectivity index (χ0) is 12.3. The standard InChI is InChI=1S/C12H13FN2O2/c13-11-2-1-3-12(10(11)6-14)15-4-5-17-8-9(15)7-16/h1-3,9,16H,4-5,7-8H2. The normalized spacial score (nSPS) is 20.1. The highest BCUT2D eigenvalue weighted by molar-refractivity contribution is 5.60. The van der Waals surface area contributed by atoms with Crippen LogP contribution in [0.15, 0.2) is 18.2 Å². The Bertz CT molecular complexity index is 445. The van der Waals surface area contributed by atoms with Gasteiger partial charge >= 0.3 is 0 Å². The second-order valence-corrected chi connectivity index (χ2v) is 3.85. The summed E-state index contributed by atoms with van der Waals surface area (Å²) in [4.78, 5) is 1.82. The summed E-state index contributed by atoms with van der Waals surface area (Å²) < 4.78 is 18.7. The SMILES string of the molecule is N#Cc1c(F)cccc1N1CCOCC1CO. The van der Waals surface area contributed by atoms with Crippen LogP contribution in [0.4, 0.5) is 10.1 Å². The molecule has 1 aromatic carbocycles. The van der Waals surface area contributed by atoms with E-state index in [9.17, 15) is 9.50 Å². The highest BCUT2D eigenvalue weighted by Crippen LogP contribution is 2.25. The molecule has 1 aliphatic rings. The van der Waals surface area contributed by atoms with Crippen LogP contribution in [-0.4, -0.2) is 37.5 Å². The number of hydrogen-bond acceptors (Lipinski definition) is 4. The molecule has 1 heterocycles. The van der Waals surface area contributed by atoms with Gasteiger partial charge in [0.2, 0.25) is 0 Å². The molecule has 1 unspecified atom stereocenters. The number of nitrogens with zero attached hydrogens (tertiary/aromatic N) is 2. The van der Waals surface area contributed by atoms with Crippen molar-refractivity contribution in [3.63, 3.8) is 0 Å². The van der Waals surface area contributed by atoms with Gasteiger partial charge in [0.25, 0.3) is 0 Å². The largest absolute Gasteiger partial charge is 0.394 e. The molecule has 0 radical (unpaired) electrons. The van der Waals surface area contributed by atoms with Crippen molar-refractivity contribution in [1.29, 1.82) is 5.26 Å². The summed E-state index contributed by atoms with van der Waals surface area (Å²) in [5, 5.41) is 18.2. The topological polar surface area (TPSA) is 56.5 Å². The first kappa shape index (κ1) is 11.8. The third-order valence-corrected chi connectivity index (χ3v) is 2.85. The lowest BCUT2D eigenvalue weighted by Gasteiger charge is -2.36. The molecular weight excluding hydrogens is 223 g/mol. The van der Waals surface area contributed by atoms with E-state index in [0.717, 1.165) is 0 Å². The molecular formula is C12H13FN2O2. The van der Waals surface area contributed by atoms with Crippen molar-refractivity contribution in [3.8, 4) is 6.07 Å². The highest BCUT2D eigenvalue weighted by Gasteiger charge is 2.25. The molecule has 1 saturated heterocycles. The average Bonchev–Trinajstić information content (AvgIpc) is 2.38. The Labute approximate surface area is 98.8 Å². The number of morpholine rings is 1. The number of aliphatic hydroxyl groups excluding tert-OH is 1. The van der Waals surface area contributed by atoms with E-state index in [1.165, 1.54) is 6.07 Å². The van der Waals surface area contributed by atoms with Crippen molar-refractivity contribution in [3.05, 3.63) is 29.6 Å². The number of rotatable bonds is 2. The van der Waals surface area contributed by atoms with E-state index in [2.05, 4.69) is 0 Å². The van der Waals surface area contributed by atoms with Gasteiger partial charge in [-0.05, 0) is 12.1 Å². The lowest BCUT2D eigenvalue weighted by atomic mass is 10.1. The Morgan fingerprint density at radius 1 is 1.59 bits per heavy atom. The maximum absolute atomic E-state index is 13.5. The minimum Gasteiger partial charge on any atom is -0.394 e. The summed E-state index contributed by atoms with van der Waals surface area (Å²) in [5.41, 5.74) is 0.544. The Kier molecular flexibility index (Phi) is 3.57. The first-order chi connectivity index (χ1) is 8.27. The van der Waals surface area contributed by atoms with Crippen molar-refractivity contribution in [2.75, 3.05) is 31.3 Å². The molecule has 0 saturated carbocycles. The predicted molar refractivity (Wildman–Crippen MR) is 60.2 cm³/mol. The van der Waals surface area contributed by atoms with Crippen LogP contribution in [0.25, 0.3) is 0 Å². The first-order valence-electron chi connectivity index (χ1n) is 5.41. The van der Waals surface area contributed by atoms with E-state index < -0.39 is 5.82 Å². The summed E-state index contributed by atoms with van der Waals surface area (Å²) >= 11 is 0. The van der Waals surface area contributed by atoms with Crippen LogP contribution in [0, 0.1) is 17.1 Å². The number of benzene rings is 1. The Balaban J connectivity index is 2.38.